The van der Waals surface area contributed by atoms with Crippen LogP contribution >= 0.6 is 0 Å². The number of ketones is 1. The maximum atomic E-state index is 12.1. The number of carbonyl (C=O) groups is 2. The highest BCUT2D eigenvalue weighted by molar-refractivity contribution is 5.89. The molecule has 17 heavy (non-hydrogen) atoms. The van der Waals surface area contributed by atoms with Gasteiger partial charge in [0.1, 0.15) is 5.60 Å². The Hall–Kier alpha value is -1.06. The molecule has 1 saturated carbocycles. The number of piperidine rings is 1. The first kappa shape index (κ1) is 12.4. The highest BCUT2D eigenvalue weighted by Gasteiger charge is 2.44. The van der Waals surface area contributed by atoms with Crippen molar-refractivity contribution >= 4 is 11.9 Å². The minimum absolute atomic E-state index is 0.209. The smallest absolute Gasteiger partial charge is 0.410 e. The van der Waals surface area contributed by atoms with Crippen LogP contribution in [-0.2, 0) is 9.53 Å². The van der Waals surface area contributed by atoms with Crippen LogP contribution in [-0.4, -0.2) is 35.0 Å². The Kier molecular flexibility index (Phi) is 3.15. The van der Waals surface area contributed by atoms with Gasteiger partial charge >= 0.3 is 6.09 Å². The van der Waals surface area contributed by atoms with E-state index in [1.165, 1.54) is 0 Å². The summed E-state index contributed by atoms with van der Waals surface area (Å²) < 4.78 is 5.37. The molecule has 1 amide bonds. The average Bonchev–Trinajstić information content (AvgIpc) is 2.58. The van der Waals surface area contributed by atoms with Gasteiger partial charge in [-0.3, -0.25) is 9.69 Å². The van der Waals surface area contributed by atoms with Gasteiger partial charge in [0.25, 0.3) is 0 Å². The maximum absolute atomic E-state index is 12.1. The zero-order chi connectivity index (χ0) is 12.6. The van der Waals surface area contributed by atoms with E-state index in [9.17, 15) is 9.59 Å². The standard InChI is InChI=1S/C13H21NO3/c1-13(2,3)17-12(16)14-8-4-5-9-6-7-10(15)11(9)14/h9,11H,4-8H2,1-3H3. The van der Waals surface area contributed by atoms with Gasteiger partial charge in [-0.25, -0.2) is 4.79 Å². The van der Waals surface area contributed by atoms with Gasteiger partial charge in [-0.2, -0.15) is 0 Å². The van der Waals surface area contributed by atoms with Crippen molar-refractivity contribution in [3.63, 3.8) is 0 Å². The molecule has 0 aromatic carbocycles. The summed E-state index contributed by atoms with van der Waals surface area (Å²) in [6.07, 6.45) is 3.27. The molecule has 1 saturated heterocycles. The highest BCUT2D eigenvalue weighted by atomic mass is 16.6. The minimum atomic E-state index is -0.494. The van der Waals surface area contributed by atoms with Crippen molar-refractivity contribution in [1.82, 2.24) is 4.90 Å². The fourth-order valence-electron chi connectivity index (χ4n) is 2.82. The Morgan fingerprint density at radius 2 is 2.06 bits per heavy atom. The van der Waals surface area contributed by atoms with E-state index in [-0.39, 0.29) is 17.9 Å². The molecule has 2 unspecified atom stereocenters. The van der Waals surface area contributed by atoms with Crippen LogP contribution in [0.1, 0.15) is 46.5 Å². The van der Waals surface area contributed by atoms with Crippen LogP contribution in [0.4, 0.5) is 4.79 Å². The fraction of sp³-hybridized carbons (Fsp3) is 0.846. The third-order valence-electron chi connectivity index (χ3n) is 3.48. The lowest BCUT2D eigenvalue weighted by atomic mass is 9.92. The van der Waals surface area contributed by atoms with Gasteiger partial charge in [-0.05, 0) is 46.0 Å². The first-order chi connectivity index (χ1) is 7.88. The SMILES string of the molecule is CC(C)(C)OC(=O)N1CCCC2CCC(=O)C21. The largest absolute Gasteiger partial charge is 0.444 e. The van der Waals surface area contributed by atoms with Crippen molar-refractivity contribution in [1.29, 1.82) is 0 Å². The van der Waals surface area contributed by atoms with Gasteiger partial charge in [0.2, 0.25) is 0 Å². The second-order valence-corrected chi connectivity index (χ2v) is 6.03. The van der Waals surface area contributed by atoms with E-state index >= 15 is 0 Å². The molecule has 96 valence electrons. The van der Waals surface area contributed by atoms with E-state index in [0.29, 0.717) is 18.9 Å². The molecule has 2 rings (SSSR count). The molecule has 1 heterocycles. The van der Waals surface area contributed by atoms with E-state index in [1.807, 2.05) is 20.8 Å². The Morgan fingerprint density at radius 3 is 2.71 bits per heavy atom. The molecule has 1 aliphatic heterocycles. The summed E-state index contributed by atoms with van der Waals surface area (Å²) in [6.45, 7) is 6.20. The second kappa shape index (κ2) is 4.31. The topological polar surface area (TPSA) is 46.6 Å². The van der Waals surface area contributed by atoms with Gasteiger partial charge < -0.3 is 4.74 Å². The molecule has 0 radical (unpaired) electrons. The Labute approximate surface area is 102 Å². The lowest BCUT2D eigenvalue weighted by molar-refractivity contribution is -0.123. The molecular weight excluding hydrogens is 218 g/mol. The van der Waals surface area contributed by atoms with Crippen molar-refractivity contribution < 1.29 is 14.3 Å². The van der Waals surface area contributed by atoms with Crippen LogP contribution in [0.25, 0.3) is 0 Å². The quantitative estimate of drug-likeness (QED) is 0.652. The molecule has 0 N–H and O–H groups in total. The number of hydrogen-bond donors (Lipinski definition) is 0. The van der Waals surface area contributed by atoms with Crippen molar-refractivity contribution in [2.45, 2.75) is 58.1 Å². The molecule has 0 aromatic rings. The maximum Gasteiger partial charge on any atom is 0.410 e. The predicted octanol–water partition coefficient (Wildman–Crippen LogP) is 2.37. The number of Topliss-reactive ketones (excluding diaryl/α,β-unsaturated/α-hetero) is 1. The average molecular weight is 239 g/mol. The molecule has 4 nitrogen and oxygen atoms in total. The Morgan fingerprint density at radius 1 is 1.35 bits per heavy atom. The lowest BCUT2D eigenvalue weighted by Crippen LogP contribution is -2.51. The van der Waals surface area contributed by atoms with E-state index in [0.717, 1.165) is 19.3 Å². The summed E-state index contributed by atoms with van der Waals surface area (Å²) in [4.78, 5) is 25.5. The molecule has 1 aliphatic carbocycles. The van der Waals surface area contributed by atoms with Gasteiger partial charge in [0.15, 0.2) is 5.78 Å². The van der Waals surface area contributed by atoms with Crippen LogP contribution in [0.3, 0.4) is 0 Å². The molecule has 2 fully saturated rings. The second-order valence-electron chi connectivity index (χ2n) is 6.03. The van der Waals surface area contributed by atoms with Crippen molar-refractivity contribution in [3.8, 4) is 0 Å². The summed E-state index contributed by atoms with van der Waals surface area (Å²) in [6, 6.07) is -0.210. The first-order valence-corrected chi connectivity index (χ1v) is 6.41. The predicted molar refractivity (Wildman–Crippen MR) is 63.7 cm³/mol. The number of amides is 1. The summed E-state index contributed by atoms with van der Waals surface area (Å²) >= 11 is 0. The van der Waals surface area contributed by atoms with E-state index < -0.39 is 5.60 Å². The summed E-state index contributed by atoms with van der Waals surface area (Å²) in [5.74, 6) is 0.573. The molecule has 0 aromatic heterocycles. The number of hydrogen-bond acceptors (Lipinski definition) is 3. The molecule has 4 heteroatoms. The van der Waals surface area contributed by atoms with Crippen LogP contribution in [0, 0.1) is 5.92 Å². The van der Waals surface area contributed by atoms with Crippen LogP contribution in [0.5, 0.6) is 0 Å². The van der Waals surface area contributed by atoms with Crippen LogP contribution in [0.2, 0.25) is 0 Å². The molecule has 0 spiro atoms. The lowest BCUT2D eigenvalue weighted by Gasteiger charge is -2.37. The molecular formula is C13H21NO3. The normalized spacial score (nSPS) is 29.1. The first-order valence-electron chi connectivity index (χ1n) is 6.41. The van der Waals surface area contributed by atoms with Gasteiger partial charge in [0.05, 0.1) is 6.04 Å². The minimum Gasteiger partial charge on any atom is -0.444 e. The zero-order valence-electron chi connectivity index (χ0n) is 10.9. The zero-order valence-corrected chi connectivity index (χ0v) is 10.9. The van der Waals surface area contributed by atoms with Crippen molar-refractivity contribution in [2.75, 3.05) is 6.54 Å². The summed E-state index contributed by atoms with van der Waals surface area (Å²) in [7, 11) is 0. The number of rotatable bonds is 0. The third-order valence-corrected chi connectivity index (χ3v) is 3.48. The van der Waals surface area contributed by atoms with Gasteiger partial charge in [-0.1, -0.05) is 0 Å². The van der Waals surface area contributed by atoms with Crippen LogP contribution < -0.4 is 0 Å². The Balaban J connectivity index is 2.09. The van der Waals surface area contributed by atoms with Gasteiger partial charge in [-0.15, -0.1) is 0 Å². The van der Waals surface area contributed by atoms with E-state index in [2.05, 4.69) is 0 Å². The van der Waals surface area contributed by atoms with E-state index in [4.69, 9.17) is 4.74 Å². The number of carbonyl (C=O) groups excluding carboxylic acids is 2. The number of nitrogens with zero attached hydrogens (tertiary/aromatic N) is 1. The number of likely N-dealkylation sites (tertiary alicyclic amines) is 1. The monoisotopic (exact) mass is 239 g/mol. The van der Waals surface area contributed by atoms with Crippen LogP contribution in [0.15, 0.2) is 0 Å². The van der Waals surface area contributed by atoms with Gasteiger partial charge in [0, 0.05) is 13.0 Å². The molecule has 2 atom stereocenters. The molecule has 2 aliphatic rings. The van der Waals surface area contributed by atoms with Crippen molar-refractivity contribution in [3.05, 3.63) is 0 Å². The summed E-state index contributed by atoms with van der Waals surface area (Å²) in [5, 5.41) is 0. The summed E-state index contributed by atoms with van der Waals surface area (Å²) in [5.41, 5.74) is -0.494. The number of ether oxygens (including phenoxy) is 1. The number of fused-ring (bicyclic) bond motifs is 1. The highest BCUT2D eigenvalue weighted by Crippen LogP contribution is 2.35. The van der Waals surface area contributed by atoms with E-state index in [1.54, 1.807) is 4.90 Å². The fourth-order valence-corrected chi connectivity index (χ4v) is 2.82. The third kappa shape index (κ3) is 2.61. The van der Waals surface area contributed by atoms with Crippen molar-refractivity contribution in [2.24, 2.45) is 5.92 Å². The molecule has 0 bridgehead atoms. The Bertz CT molecular complexity index is 332.